The number of amides is 2. The fraction of sp³-hybridized carbons (Fsp3) is 0.526. The van der Waals surface area contributed by atoms with Crippen molar-refractivity contribution in [2.24, 2.45) is 5.92 Å². The molecule has 0 unspecified atom stereocenters. The molecule has 27 heavy (non-hydrogen) atoms. The summed E-state index contributed by atoms with van der Waals surface area (Å²) >= 11 is 0. The second-order valence-electron chi connectivity index (χ2n) is 7.39. The van der Waals surface area contributed by atoms with Crippen molar-refractivity contribution >= 4 is 23.7 Å². The second-order valence-corrected chi connectivity index (χ2v) is 7.39. The number of hydroxylamine groups is 1. The van der Waals surface area contributed by atoms with E-state index < -0.39 is 41.4 Å². The third kappa shape index (κ3) is 4.28. The Labute approximate surface area is 158 Å². The van der Waals surface area contributed by atoms with Gasteiger partial charge in [-0.3, -0.25) is 9.59 Å². The first kappa shape index (κ1) is 20.9. The maximum absolute atomic E-state index is 13.2. The number of para-hydroxylation sites is 1. The third-order valence-corrected chi connectivity index (χ3v) is 4.24. The molecule has 1 aliphatic heterocycles. The van der Waals surface area contributed by atoms with E-state index in [2.05, 4.69) is 0 Å². The van der Waals surface area contributed by atoms with E-state index in [1.54, 1.807) is 58.9 Å². The lowest BCUT2D eigenvalue weighted by molar-refractivity contribution is -0.152. The van der Waals surface area contributed by atoms with Gasteiger partial charge in [0.25, 0.3) is 0 Å². The van der Waals surface area contributed by atoms with Gasteiger partial charge in [0.1, 0.15) is 5.60 Å². The van der Waals surface area contributed by atoms with Crippen LogP contribution in [0.25, 0.3) is 0 Å². The van der Waals surface area contributed by atoms with Crippen molar-refractivity contribution in [1.29, 1.82) is 0 Å². The molecule has 1 aromatic carbocycles. The van der Waals surface area contributed by atoms with Gasteiger partial charge in [-0.2, -0.15) is 0 Å². The zero-order valence-corrected chi connectivity index (χ0v) is 16.2. The number of nitrogens with one attached hydrogen (secondary N) is 1. The van der Waals surface area contributed by atoms with Crippen molar-refractivity contribution in [2.75, 3.05) is 11.5 Å². The zero-order chi connectivity index (χ0) is 20.4. The Hall–Kier alpha value is -2.45. The molecule has 1 aromatic rings. The minimum absolute atomic E-state index is 0.131. The summed E-state index contributed by atoms with van der Waals surface area (Å²) in [6, 6.07) is 5.94. The highest BCUT2D eigenvalue weighted by molar-refractivity contribution is 6.20. The van der Waals surface area contributed by atoms with Crippen LogP contribution >= 0.6 is 0 Å². The zero-order valence-electron chi connectivity index (χ0n) is 16.2. The second kappa shape index (κ2) is 8.06. The van der Waals surface area contributed by atoms with Crippen LogP contribution < -0.4 is 10.4 Å². The quantitative estimate of drug-likeness (QED) is 0.599. The minimum atomic E-state index is -1.02. The maximum atomic E-state index is 13.2. The largest absolute Gasteiger partial charge is 0.466 e. The Morgan fingerprint density at radius 1 is 1.30 bits per heavy atom. The molecule has 148 valence electrons. The minimum Gasteiger partial charge on any atom is -0.466 e. The van der Waals surface area contributed by atoms with Crippen molar-refractivity contribution < 1.29 is 29.1 Å². The number of fused-ring (bicyclic) bond motifs is 1. The van der Waals surface area contributed by atoms with Gasteiger partial charge in [0.2, 0.25) is 5.91 Å². The predicted octanol–water partition coefficient (Wildman–Crippen LogP) is 2.60. The molecule has 2 N–H and O–H groups in total. The molecule has 8 nitrogen and oxygen atoms in total. The van der Waals surface area contributed by atoms with Crippen molar-refractivity contribution in [3.8, 4) is 0 Å². The number of anilines is 1. The Kier molecular flexibility index (Phi) is 6.22. The SMILES string of the molecule is CCOC(=O)[C@@H]([C@H](C)NO)[C@@H]1C(=O)N(C(=O)OC(C)(C)C)c2ccccc21. The molecule has 0 radical (unpaired) electrons. The molecule has 0 spiro atoms. The molecule has 0 saturated carbocycles. The monoisotopic (exact) mass is 378 g/mol. The van der Waals surface area contributed by atoms with Crippen LogP contribution in [-0.2, 0) is 19.1 Å². The summed E-state index contributed by atoms with van der Waals surface area (Å²) < 4.78 is 10.5. The van der Waals surface area contributed by atoms with Gasteiger partial charge in [0, 0.05) is 6.04 Å². The fourth-order valence-electron chi connectivity index (χ4n) is 3.14. The summed E-state index contributed by atoms with van der Waals surface area (Å²) in [6.45, 7) is 8.46. The number of esters is 1. The summed E-state index contributed by atoms with van der Waals surface area (Å²) in [4.78, 5) is 39.3. The number of hydrogen-bond acceptors (Lipinski definition) is 7. The Morgan fingerprint density at radius 3 is 2.48 bits per heavy atom. The highest BCUT2D eigenvalue weighted by atomic mass is 16.6. The summed E-state index contributed by atoms with van der Waals surface area (Å²) in [6.07, 6.45) is -0.810. The number of nitrogens with zero attached hydrogens (tertiary/aromatic N) is 1. The van der Waals surface area contributed by atoms with Crippen molar-refractivity contribution in [2.45, 2.75) is 52.2 Å². The van der Waals surface area contributed by atoms with Crippen LogP contribution in [0.4, 0.5) is 10.5 Å². The van der Waals surface area contributed by atoms with Crippen LogP contribution in [0.1, 0.15) is 46.1 Å². The number of imide groups is 1. The maximum Gasteiger partial charge on any atom is 0.421 e. The molecule has 0 saturated heterocycles. The van der Waals surface area contributed by atoms with Gasteiger partial charge in [-0.05, 0) is 46.2 Å². The first-order valence-corrected chi connectivity index (χ1v) is 8.84. The average Bonchev–Trinajstić information content (AvgIpc) is 2.86. The summed E-state index contributed by atoms with van der Waals surface area (Å²) in [7, 11) is 0. The van der Waals surface area contributed by atoms with E-state index in [0.29, 0.717) is 11.3 Å². The van der Waals surface area contributed by atoms with E-state index in [4.69, 9.17) is 9.47 Å². The predicted molar refractivity (Wildman–Crippen MR) is 97.4 cm³/mol. The number of carbonyl (C=O) groups excluding carboxylic acids is 3. The third-order valence-electron chi connectivity index (χ3n) is 4.24. The molecule has 0 bridgehead atoms. The molecule has 8 heteroatoms. The molecule has 3 atom stereocenters. The number of benzene rings is 1. The van der Waals surface area contributed by atoms with E-state index in [1.807, 2.05) is 5.48 Å². The fourth-order valence-corrected chi connectivity index (χ4v) is 3.14. The van der Waals surface area contributed by atoms with Crippen LogP contribution in [0.15, 0.2) is 24.3 Å². The Bertz CT molecular complexity index is 727. The smallest absolute Gasteiger partial charge is 0.421 e. The number of ether oxygens (including phenoxy) is 2. The van der Waals surface area contributed by atoms with E-state index in [0.717, 1.165) is 4.90 Å². The van der Waals surface area contributed by atoms with Gasteiger partial charge in [-0.25, -0.2) is 15.2 Å². The first-order chi connectivity index (χ1) is 12.6. The number of hydrogen-bond donors (Lipinski definition) is 2. The van der Waals surface area contributed by atoms with Gasteiger partial charge < -0.3 is 14.7 Å². The molecule has 0 aromatic heterocycles. The first-order valence-electron chi connectivity index (χ1n) is 8.84. The van der Waals surface area contributed by atoms with Gasteiger partial charge in [0.15, 0.2) is 0 Å². The van der Waals surface area contributed by atoms with Crippen LogP contribution in [0.3, 0.4) is 0 Å². The van der Waals surface area contributed by atoms with Crippen LogP contribution in [0, 0.1) is 5.92 Å². The van der Waals surface area contributed by atoms with Crippen molar-refractivity contribution in [1.82, 2.24) is 5.48 Å². The van der Waals surface area contributed by atoms with Gasteiger partial charge in [0.05, 0.1) is 24.1 Å². The summed E-state index contributed by atoms with van der Waals surface area (Å²) in [5.41, 5.74) is 2.11. The topological polar surface area (TPSA) is 105 Å². The molecule has 2 amide bonds. The standard InChI is InChI=1S/C19H26N2O6/c1-6-26-17(23)14(11(2)20-25)15-12-9-7-8-10-13(12)21(16(15)22)18(24)27-19(3,4)5/h7-11,14-15,20,25H,6H2,1-5H3/t11-,14-,15+/m0/s1. The Morgan fingerprint density at radius 2 is 1.93 bits per heavy atom. The van der Waals surface area contributed by atoms with Crippen molar-refractivity contribution in [3.63, 3.8) is 0 Å². The molecular formula is C19H26N2O6. The average molecular weight is 378 g/mol. The lowest BCUT2D eigenvalue weighted by Gasteiger charge is -2.27. The van der Waals surface area contributed by atoms with Crippen molar-refractivity contribution in [3.05, 3.63) is 29.8 Å². The summed E-state index contributed by atoms with van der Waals surface area (Å²) in [5, 5.41) is 9.37. The number of carbonyl (C=O) groups is 3. The number of rotatable bonds is 5. The lowest BCUT2D eigenvalue weighted by atomic mass is 9.82. The normalized spacial score (nSPS) is 18.7. The van der Waals surface area contributed by atoms with Crippen LogP contribution in [0.2, 0.25) is 0 Å². The van der Waals surface area contributed by atoms with E-state index in [1.165, 1.54) is 0 Å². The molecular weight excluding hydrogens is 352 g/mol. The van der Waals surface area contributed by atoms with Gasteiger partial charge in [-0.1, -0.05) is 18.2 Å². The van der Waals surface area contributed by atoms with Gasteiger partial charge >= 0.3 is 12.1 Å². The molecule has 0 aliphatic carbocycles. The van der Waals surface area contributed by atoms with Crippen LogP contribution in [0.5, 0.6) is 0 Å². The Balaban J connectivity index is 2.50. The molecule has 0 fully saturated rings. The highest BCUT2D eigenvalue weighted by Gasteiger charge is 2.50. The van der Waals surface area contributed by atoms with E-state index in [-0.39, 0.29) is 6.61 Å². The molecule has 2 rings (SSSR count). The summed E-state index contributed by atoms with van der Waals surface area (Å²) in [5.74, 6) is -3.23. The molecule has 1 aliphatic rings. The lowest BCUT2D eigenvalue weighted by Crippen LogP contribution is -2.46. The van der Waals surface area contributed by atoms with Gasteiger partial charge in [-0.15, -0.1) is 0 Å². The molecule has 1 heterocycles. The van der Waals surface area contributed by atoms with E-state index >= 15 is 0 Å². The van der Waals surface area contributed by atoms with Crippen LogP contribution in [-0.4, -0.2) is 41.4 Å². The van der Waals surface area contributed by atoms with E-state index in [9.17, 15) is 19.6 Å². The highest BCUT2D eigenvalue weighted by Crippen LogP contribution is 2.43.